The van der Waals surface area contributed by atoms with Crippen molar-refractivity contribution in [1.29, 1.82) is 0 Å². The molecule has 0 atom stereocenters. The molecule has 1 rings (SSSR count). The van der Waals surface area contributed by atoms with Crippen LogP contribution in [-0.4, -0.2) is 13.9 Å². The van der Waals surface area contributed by atoms with E-state index in [0.717, 1.165) is 18.9 Å². The minimum absolute atomic E-state index is 0.0438. The highest BCUT2D eigenvalue weighted by Gasteiger charge is 2.49. The number of hydrogen-bond donors (Lipinski definition) is 0. The molecule has 0 N–H and O–H groups in total. The maximum Gasteiger partial charge on any atom is 0.534 e. The molecule has 21 heavy (non-hydrogen) atoms. The minimum Gasteiger partial charge on any atom is -0.373 e. The molecular formula is C12H13F5O3S. The van der Waals surface area contributed by atoms with Gasteiger partial charge in [0.15, 0.2) is 11.6 Å². The van der Waals surface area contributed by atoms with E-state index in [0.29, 0.717) is 12.5 Å². The fourth-order valence-electron chi connectivity index (χ4n) is 1.56. The van der Waals surface area contributed by atoms with Gasteiger partial charge in [0.25, 0.3) is 0 Å². The van der Waals surface area contributed by atoms with Gasteiger partial charge in [0, 0.05) is 0 Å². The number of benzene rings is 1. The molecule has 0 radical (unpaired) electrons. The molecule has 0 unspecified atom stereocenters. The Hall–Kier alpha value is -1.38. The molecule has 0 bridgehead atoms. The maximum atomic E-state index is 13.6. The third-order valence-corrected chi connectivity index (χ3v) is 3.63. The zero-order valence-electron chi connectivity index (χ0n) is 11.0. The van der Waals surface area contributed by atoms with E-state index in [9.17, 15) is 30.4 Å². The zero-order valence-corrected chi connectivity index (χ0v) is 11.8. The van der Waals surface area contributed by atoms with E-state index in [-0.39, 0.29) is 12.0 Å². The van der Waals surface area contributed by atoms with Crippen LogP contribution < -0.4 is 4.18 Å². The number of rotatable bonds is 6. The molecule has 0 heterocycles. The Morgan fingerprint density at radius 3 is 2.24 bits per heavy atom. The summed E-state index contributed by atoms with van der Waals surface area (Å²) < 4.78 is 88.6. The molecule has 1 aromatic rings. The van der Waals surface area contributed by atoms with Crippen molar-refractivity contribution in [3.63, 3.8) is 0 Å². The van der Waals surface area contributed by atoms with Crippen LogP contribution in [0.2, 0.25) is 0 Å². The average Bonchev–Trinajstić information content (AvgIpc) is 2.36. The molecule has 0 spiro atoms. The monoisotopic (exact) mass is 332 g/mol. The van der Waals surface area contributed by atoms with Crippen molar-refractivity contribution in [3.8, 4) is 5.75 Å². The lowest BCUT2D eigenvalue weighted by atomic mass is 10.1. The van der Waals surface area contributed by atoms with E-state index in [2.05, 4.69) is 4.18 Å². The molecule has 1 aromatic carbocycles. The van der Waals surface area contributed by atoms with Crippen molar-refractivity contribution in [2.45, 2.75) is 38.1 Å². The van der Waals surface area contributed by atoms with Crippen molar-refractivity contribution in [3.05, 3.63) is 29.3 Å². The Labute approximate surface area is 118 Å². The second-order valence-electron chi connectivity index (χ2n) is 4.29. The summed E-state index contributed by atoms with van der Waals surface area (Å²) in [6, 6.07) is 1.68. The molecule has 0 aliphatic rings. The van der Waals surface area contributed by atoms with Crippen LogP contribution in [0.3, 0.4) is 0 Å². The van der Waals surface area contributed by atoms with Gasteiger partial charge in [-0.1, -0.05) is 25.8 Å². The molecular weight excluding hydrogens is 319 g/mol. The summed E-state index contributed by atoms with van der Waals surface area (Å²) in [5.74, 6) is -4.47. The Balaban J connectivity index is 3.00. The predicted molar refractivity (Wildman–Crippen MR) is 65.2 cm³/mol. The van der Waals surface area contributed by atoms with Gasteiger partial charge in [-0.2, -0.15) is 26.0 Å². The Kier molecular flexibility index (Phi) is 5.54. The van der Waals surface area contributed by atoms with Crippen molar-refractivity contribution in [2.24, 2.45) is 0 Å². The quantitative estimate of drug-likeness (QED) is 0.343. The largest absolute Gasteiger partial charge is 0.534 e. The first-order chi connectivity index (χ1) is 9.60. The van der Waals surface area contributed by atoms with Crippen LogP contribution in [0.1, 0.15) is 31.7 Å². The summed E-state index contributed by atoms with van der Waals surface area (Å²) in [7, 11) is -6.03. The second kappa shape index (κ2) is 6.59. The second-order valence-corrected chi connectivity index (χ2v) is 5.83. The highest BCUT2D eigenvalue weighted by Crippen LogP contribution is 2.30. The van der Waals surface area contributed by atoms with Crippen molar-refractivity contribution in [1.82, 2.24) is 0 Å². The molecule has 120 valence electrons. The van der Waals surface area contributed by atoms with Gasteiger partial charge >= 0.3 is 15.6 Å². The number of halogens is 5. The molecule has 0 amide bonds. The summed E-state index contributed by atoms with van der Waals surface area (Å²) in [4.78, 5) is 0. The molecule has 0 saturated carbocycles. The Morgan fingerprint density at radius 2 is 1.71 bits per heavy atom. The van der Waals surface area contributed by atoms with Crippen molar-refractivity contribution in [2.75, 3.05) is 0 Å². The summed E-state index contributed by atoms with van der Waals surface area (Å²) in [5.41, 5.74) is -5.76. The summed E-state index contributed by atoms with van der Waals surface area (Å²) in [6.07, 6.45) is 2.41. The van der Waals surface area contributed by atoms with Crippen LogP contribution in [-0.2, 0) is 16.5 Å². The molecule has 0 fully saturated rings. The SMILES string of the molecule is CCCCCc1ccc(OS(=O)(=O)C(F)(F)F)c(F)c1F. The molecule has 3 nitrogen and oxygen atoms in total. The molecule has 0 aliphatic carbocycles. The third kappa shape index (κ3) is 4.29. The van der Waals surface area contributed by atoms with E-state index >= 15 is 0 Å². The van der Waals surface area contributed by atoms with Gasteiger partial charge in [0.2, 0.25) is 5.82 Å². The third-order valence-electron chi connectivity index (χ3n) is 2.66. The number of unbranched alkanes of at least 4 members (excludes halogenated alkanes) is 2. The number of hydrogen-bond acceptors (Lipinski definition) is 3. The summed E-state index contributed by atoms with van der Waals surface area (Å²) in [5, 5.41) is 0. The highest BCUT2D eigenvalue weighted by atomic mass is 32.2. The van der Waals surface area contributed by atoms with Gasteiger partial charge in [-0.3, -0.25) is 0 Å². The number of alkyl halides is 3. The van der Waals surface area contributed by atoms with E-state index in [1.54, 1.807) is 0 Å². The topological polar surface area (TPSA) is 43.4 Å². The zero-order chi connectivity index (χ0) is 16.3. The van der Waals surface area contributed by atoms with E-state index in [1.165, 1.54) is 0 Å². The van der Waals surface area contributed by atoms with Crippen molar-refractivity contribution >= 4 is 10.1 Å². The van der Waals surface area contributed by atoms with E-state index < -0.39 is 33.0 Å². The smallest absolute Gasteiger partial charge is 0.373 e. The van der Waals surface area contributed by atoms with E-state index in [1.807, 2.05) is 6.92 Å². The lowest BCUT2D eigenvalue weighted by Crippen LogP contribution is -2.28. The first kappa shape index (κ1) is 17.7. The van der Waals surface area contributed by atoms with Crippen LogP contribution in [0.25, 0.3) is 0 Å². The fraction of sp³-hybridized carbons (Fsp3) is 0.500. The Bertz CT molecular complexity index is 596. The lowest BCUT2D eigenvalue weighted by Gasteiger charge is -2.11. The fourth-order valence-corrected chi connectivity index (χ4v) is 2.02. The first-order valence-electron chi connectivity index (χ1n) is 6.07. The summed E-state index contributed by atoms with van der Waals surface area (Å²) >= 11 is 0. The summed E-state index contributed by atoms with van der Waals surface area (Å²) in [6.45, 7) is 1.91. The van der Waals surface area contributed by atoms with Crippen LogP contribution in [0.15, 0.2) is 12.1 Å². The standard InChI is InChI=1S/C12H13F5O3S/c1-2-3-4-5-8-6-7-9(11(14)10(8)13)20-21(18,19)12(15,16)17/h6-7H,2-5H2,1H3. The van der Waals surface area contributed by atoms with Gasteiger partial charge in [-0.15, -0.1) is 0 Å². The lowest BCUT2D eigenvalue weighted by molar-refractivity contribution is -0.0501. The van der Waals surface area contributed by atoms with Crippen molar-refractivity contribution < 1.29 is 34.6 Å². The van der Waals surface area contributed by atoms with Crippen LogP contribution in [0.5, 0.6) is 5.75 Å². The maximum absolute atomic E-state index is 13.6. The first-order valence-corrected chi connectivity index (χ1v) is 7.48. The molecule has 9 heteroatoms. The van der Waals surface area contributed by atoms with Gasteiger partial charge in [0.05, 0.1) is 0 Å². The average molecular weight is 332 g/mol. The van der Waals surface area contributed by atoms with Gasteiger partial charge < -0.3 is 4.18 Å². The minimum atomic E-state index is -6.03. The van der Waals surface area contributed by atoms with Gasteiger partial charge in [-0.25, -0.2) is 4.39 Å². The van der Waals surface area contributed by atoms with Gasteiger partial charge in [0.1, 0.15) is 0 Å². The highest BCUT2D eigenvalue weighted by molar-refractivity contribution is 7.88. The Morgan fingerprint density at radius 1 is 1.10 bits per heavy atom. The molecule has 0 aromatic heterocycles. The van der Waals surface area contributed by atoms with Crippen LogP contribution in [0.4, 0.5) is 22.0 Å². The normalized spacial score (nSPS) is 12.5. The van der Waals surface area contributed by atoms with Gasteiger partial charge in [-0.05, 0) is 24.5 Å². The predicted octanol–water partition coefficient (Wildman–Crippen LogP) is 3.93. The van der Waals surface area contributed by atoms with E-state index in [4.69, 9.17) is 0 Å². The van der Waals surface area contributed by atoms with Crippen LogP contribution >= 0.6 is 0 Å². The molecule has 0 saturated heterocycles. The molecule has 0 aliphatic heterocycles. The van der Waals surface area contributed by atoms with Crippen LogP contribution in [0, 0.1) is 11.6 Å². The number of aryl methyl sites for hydroxylation is 1.